The molecule has 0 aromatic rings. The van der Waals surface area contributed by atoms with Crippen molar-refractivity contribution < 1.29 is 0 Å². The Bertz CT molecular complexity index is 136. The van der Waals surface area contributed by atoms with Crippen molar-refractivity contribution in [2.45, 2.75) is 13.8 Å². The van der Waals surface area contributed by atoms with Gasteiger partial charge < -0.3 is 0 Å². The average Bonchev–Trinajstić information content (AvgIpc) is 2.16. The monoisotopic (exact) mass is 216 g/mol. The Morgan fingerprint density at radius 3 is 1.07 bits per heavy atom. The predicted molar refractivity (Wildman–Crippen MR) is 66.7 cm³/mol. The second-order valence-electron chi connectivity index (χ2n) is 4.48. The van der Waals surface area contributed by atoms with Crippen molar-refractivity contribution in [3.8, 4) is 0 Å². The van der Waals surface area contributed by atoms with Gasteiger partial charge >= 0.3 is 0 Å². The Hall–Kier alpha value is -0.160. The van der Waals surface area contributed by atoms with Gasteiger partial charge in [-0.15, -0.1) is 0 Å². The van der Waals surface area contributed by atoms with Crippen LogP contribution in [-0.4, -0.2) is 80.9 Å². The second-order valence-corrected chi connectivity index (χ2v) is 4.48. The van der Waals surface area contributed by atoms with Crippen molar-refractivity contribution in [3.05, 3.63) is 0 Å². The maximum Gasteiger partial charge on any atom is 0.0523 e. The lowest BCUT2D eigenvalue weighted by molar-refractivity contribution is 0.0879. The quantitative estimate of drug-likeness (QED) is 0.552. The highest BCUT2D eigenvalue weighted by atomic mass is 15.4. The van der Waals surface area contributed by atoms with E-state index in [-0.39, 0.29) is 0 Å². The highest BCUT2D eigenvalue weighted by Gasteiger charge is 2.06. The van der Waals surface area contributed by atoms with E-state index in [0.717, 1.165) is 33.1 Å². The van der Waals surface area contributed by atoms with E-state index in [2.05, 4.69) is 61.6 Å². The van der Waals surface area contributed by atoms with Crippen molar-refractivity contribution in [1.82, 2.24) is 19.6 Å². The Morgan fingerprint density at radius 2 is 0.800 bits per heavy atom. The number of nitrogens with zero attached hydrogens (tertiary/aromatic N) is 4. The summed E-state index contributed by atoms with van der Waals surface area (Å²) >= 11 is 0. The smallest absolute Gasteiger partial charge is 0.0523 e. The fourth-order valence-electron chi connectivity index (χ4n) is 1.53. The van der Waals surface area contributed by atoms with E-state index in [9.17, 15) is 0 Å². The molecule has 0 saturated heterocycles. The Labute approximate surface area is 95.4 Å². The zero-order valence-corrected chi connectivity index (χ0v) is 11.3. The van der Waals surface area contributed by atoms with Gasteiger partial charge in [-0.1, -0.05) is 13.8 Å². The molecule has 0 atom stereocenters. The molecule has 92 valence electrons. The van der Waals surface area contributed by atoms with Crippen LogP contribution < -0.4 is 0 Å². The molecule has 0 aliphatic rings. The van der Waals surface area contributed by atoms with E-state index in [4.69, 9.17) is 0 Å². The van der Waals surface area contributed by atoms with Gasteiger partial charge in [0, 0.05) is 0 Å². The van der Waals surface area contributed by atoms with E-state index in [0.29, 0.717) is 0 Å². The number of hydrogen-bond donors (Lipinski definition) is 0. The molecule has 0 aliphatic heterocycles. The molecule has 0 N–H and O–H groups in total. The van der Waals surface area contributed by atoms with Gasteiger partial charge in [0.25, 0.3) is 0 Å². The summed E-state index contributed by atoms with van der Waals surface area (Å²) < 4.78 is 0. The van der Waals surface area contributed by atoms with Crippen molar-refractivity contribution in [2.75, 3.05) is 61.3 Å². The van der Waals surface area contributed by atoms with Gasteiger partial charge in [0.05, 0.1) is 20.0 Å². The summed E-state index contributed by atoms with van der Waals surface area (Å²) in [4.78, 5) is 9.26. The van der Waals surface area contributed by atoms with Gasteiger partial charge in [-0.3, -0.25) is 19.6 Å². The van der Waals surface area contributed by atoms with Crippen molar-refractivity contribution >= 4 is 0 Å². The van der Waals surface area contributed by atoms with Gasteiger partial charge in [0.2, 0.25) is 0 Å². The molecule has 0 radical (unpaired) electrons. The maximum absolute atomic E-state index is 2.33. The van der Waals surface area contributed by atoms with Crippen LogP contribution in [0.4, 0.5) is 0 Å². The van der Waals surface area contributed by atoms with Gasteiger partial charge in [0.15, 0.2) is 0 Å². The van der Waals surface area contributed by atoms with Crippen LogP contribution in [0.25, 0.3) is 0 Å². The summed E-state index contributed by atoms with van der Waals surface area (Å²) in [6.07, 6.45) is 0. The first-order chi connectivity index (χ1) is 6.99. The van der Waals surface area contributed by atoms with Gasteiger partial charge in [0.1, 0.15) is 0 Å². The third kappa shape index (κ3) is 7.73. The zero-order chi connectivity index (χ0) is 11.8. The van der Waals surface area contributed by atoms with E-state index < -0.39 is 0 Å². The van der Waals surface area contributed by atoms with Crippen LogP contribution in [0.1, 0.15) is 13.8 Å². The second kappa shape index (κ2) is 8.05. The Kier molecular flexibility index (Phi) is 7.96. The lowest BCUT2D eigenvalue weighted by Crippen LogP contribution is -2.42. The third-order valence-electron chi connectivity index (χ3n) is 2.53. The lowest BCUT2D eigenvalue weighted by Gasteiger charge is -2.30. The van der Waals surface area contributed by atoms with Crippen molar-refractivity contribution in [2.24, 2.45) is 0 Å². The lowest BCUT2D eigenvalue weighted by atomic mass is 10.6. The molecule has 0 saturated carbocycles. The van der Waals surface area contributed by atoms with Crippen LogP contribution in [0.2, 0.25) is 0 Å². The molecule has 15 heavy (non-hydrogen) atoms. The molecule has 0 spiro atoms. The normalized spacial score (nSPS) is 12.4. The molecule has 0 amide bonds. The number of rotatable bonds is 8. The molecular weight excluding hydrogens is 188 g/mol. The fraction of sp³-hybridized carbons (Fsp3) is 1.00. The summed E-state index contributed by atoms with van der Waals surface area (Å²) in [6.45, 7) is 9.62. The van der Waals surface area contributed by atoms with Crippen LogP contribution >= 0.6 is 0 Å². The number of hydrogen-bond acceptors (Lipinski definition) is 4. The minimum atomic E-state index is 1.01. The van der Waals surface area contributed by atoms with Crippen molar-refractivity contribution in [3.63, 3.8) is 0 Å². The Balaban J connectivity index is 3.70. The standard InChI is InChI=1S/C11H28N4/c1-7-12(3)9-14(5)11-15(6)10-13(4)8-2/h7-11H2,1-6H3. The molecular formula is C11H28N4. The highest BCUT2D eigenvalue weighted by Crippen LogP contribution is 1.92. The summed E-state index contributed by atoms with van der Waals surface area (Å²) in [6, 6.07) is 0. The summed E-state index contributed by atoms with van der Waals surface area (Å²) in [5.41, 5.74) is 0. The minimum Gasteiger partial charge on any atom is -0.294 e. The van der Waals surface area contributed by atoms with Crippen molar-refractivity contribution in [1.29, 1.82) is 0 Å². The SMILES string of the molecule is CCN(C)CN(C)CN(C)CN(C)CC. The molecule has 0 heterocycles. The maximum atomic E-state index is 2.33. The summed E-state index contributed by atoms with van der Waals surface area (Å²) in [5.74, 6) is 0. The molecule has 0 rings (SSSR count). The molecule has 0 aromatic heterocycles. The summed E-state index contributed by atoms with van der Waals surface area (Å²) in [7, 11) is 8.62. The van der Waals surface area contributed by atoms with Gasteiger partial charge in [-0.25, -0.2) is 0 Å². The summed E-state index contributed by atoms with van der Waals surface area (Å²) in [5, 5.41) is 0. The van der Waals surface area contributed by atoms with E-state index >= 15 is 0 Å². The minimum absolute atomic E-state index is 1.01. The molecule has 0 aromatic carbocycles. The van der Waals surface area contributed by atoms with Crippen LogP contribution in [0, 0.1) is 0 Å². The first-order valence-corrected chi connectivity index (χ1v) is 5.73. The van der Waals surface area contributed by atoms with Crippen LogP contribution in [0.15, 0.2) is 0 Å². The molecule has 0 fully saturated rings. The van der Waals surface area contributed by atoms with Crippen LogP contribution in [-0.2, 0) is 0 Å². The first kappa shape index (κ1) is 14.8. The van der Waals surface area contributed by atoms with Crippen LogP contribution in [0.5, 0.6) is 0 Å². The van der Waals surface area contributed by atoms with E-state index in [1.165, 1.54) is 0 Å². The zero-order valence-electron chi connectivity index (χ0n) is 11.3. The largest absolute Gasteiger partial charge is 0.294 e. The fourth-order valence-corrected chi connectivity index (χ4v) is 1.53. The molecule has 0 aliphatic carbocycles. The molecule has 0 unspecified atom stereocenters. The highest BCUT2D eigenvalue weighted by molar-refractivity contribution is 4.53. The molecule has 0 bridgehead atoms. The van der Waals surface area contributed by atoms with Gasteiger partial charge in [-0.05, 0) is 41.3 Å². The molecule has 4 heteroatoms. The van der Waals surface area contributed by atoms with Crippen LogP contribution in [0.3, 0.4) is 0 Å². The molecule has 4 nitrogen and oxygen atoms in total. The van der Waals surface area contributed by atoms with E-state index in [1.54, 1.807) is 0 Å². The topological polar surface area (TPSA) is 13.0 Å². The predicted octanol–water partition coefficient (Wildman–Crippen LogP) is 0.626. The first-order valence-electron chi connectivity index (χ1n) is 5.73. The third-order valence-corrected chi connectivity index (χ3v) is 2.53. The van der Waals surface area contributed by atoms with E-state index in [1.807, 2.05) is 0 Å². The van der Waals surface area contributed by atoms with Gasteiger partial charge in [-0.2, -0.15) is 0 Å². The Morgan fingerprint density at radius 1 is 0.533 bits per heavy atom. The average molecular weight is 216 g/mol.